The summed E-state index contributed by atoms with van der Waals surface area (Å²) in [6.07, 6.45) is 3.42. The van der Waals surface area contributed by atoms with Gasteiger partial charge in [-0.25, -0.2) is 0 Å². The van der Waals surface area contributed by atoms with Gasteiger partial charge in [-0.1, -0.05) is 34.5 Å². The summed E-state index contributed by atoms with van der Waals surface area (Å²) < 4.78 is 1.05. The number of carbonyl (C=O) groups excluding carboxylic acids is 1. The Kier molecular flexibility index (Phi) is 4.56. The Balaban J connectivity index is 1.76. The van der Waals surface area contributed by atoms with Crippen molar-refractivity contribution in [2.45, 2.75) is 25.3 Å². The van der Waals surface area contributed by atoms with Crippen LogP contribution in [0.15, 0.2) is 40.9 Å². The Morgan fingerprint density at radius 3 is 2.86 bits per heavy atom. The van der Waals surface area contributed by atoms with Crippen LogP contribution < -0.4 is 10.6 Å². The van der Waals surface area contributed by atoms with Crippen LogP contribution in [0.25, 0.3) is 10.8 Å². The second-order valence-corrected chi connectivity index (χ2v) is 6.49. The fraction of sp³-hybridized carbons (Fsp3) is 0.353. The predicted octanol–water partition coefficient (Wildman–Crippen LogP) is 3.47. The van der Waals surface area contributed by atoms with Crippen LogP contribution in [0.5, 0.6) is 0 Å². The van der Waals surface area contributed by atoms with E-state index in [4.69, 9.17) is 0 Å². The van der Waals surface area contributed by atoms with Gasteiger partial charge in [-0.15, -0.1) is 0 Å². The van der Waals surface area contributed by atoms with Gasteiger partial charge in [-0.2, -0.15) is 0 Å². The van der Waals surface area contributed by atoms with Gasteiger partial charge in [0.15, 0.2) is 0 Å². The Labute approximate surface area is 133 Å². The van der Waals surface area contributed by atoms with Gasteiger partial charge in [-0.05, 0) is 54.4 Å². The zero-order chi connectivity index (χ0) is 14.7. The third kappa shape index (κ3) is 3.63. The molecule has 0 radical (unpaired) electrons. The molecule has 1 unspecified atom stereocenters. The number of carbonyl (C=O) groups is 1. The number of hydrogen-bond acceptors (Lipinski definition) is 2. The summed E-state index contributed by atoms with van der Waals surface area (Å²) in [7, 11) is 0. The monoisotopic (exact) mass is 346 g/mol. The molecule has 2 aromatic rings. The van der Waals surface area contributed by atoms with Crippen molar-refractivity contribution in [3.63, 3.8) is 0 Å². The van der Waals surface area contributed by atoms with Gasteiger partial charge in [0.2, 0.25) is 0 Å². The second kappa shape index (κ2) is 6.58. The fourth-order valence-electron chi connectivity index (χ4n) is 2.77. The Morgan fingerprint density at radius 2 is 1.95 bits per heavy atom. The first-order valence-electron chi connectivity index (χ1n) is 7.43. The van der Waals surface area contributed by atoms with E-state index in [1.807, 2.05) is 30.3 Å². The third-order valence-corrected chi connectivity index (χ3v) is 4.44. The zero-order valence-corrected chi connectivity index (χ0v) is 13.4. The third-order valence-electron chi connectivity index (χ3n) is 3.95. The molecule has 2 aromatic carbocycles. The highest BCUT2D eigenvalue weighted by Gasteiger charge is 2.15. The van der Waals surface area contributed by atoms with E-state index in [1.165, 1.54) is 12.8 Å². The molecule has 1 aliphatic heterocycles. The highest BCUT2D eigenvalue weighted by molar-refractivity contribution is 9.10. The van der Waals surface area contributed by atoms with Crippen molar-refractivity contribution in [3.8, 4) is 0 Å². The molecule has 1 saturated heterocycles. The molecular formula is C17H19BrN2O. The summed E-state index contributed by atoms with van der Waals surface area (Å²) in [6, 6.07) is 12.2. The molecule has 0 spiro atoms. The minimum Gasteiger partial charge on any atom is -0.348 e. The van der Waals surface area contributed by atoms with Gasteiger partial charge in [0.25, 0.3) is 5.91 Å². The predicted molar refractivity (Wildman–Crippen MR) is 89.6 cm³/mol. The number of benzene rings is 2. The Bertz CT molecular complexity index is 648. The standard InChI is InChI=1S/C17H19BrN2O/c18-15-7-6-12-9-14(5-4-13(12)10-15)17(21)20-16-3-1-2-8-19-11-16/h4-7,9-10,16,19H,1-3,8,11H2,(H,20,21). The minimum absolute atomic E-state index is 0.0218. The maximum atomic E-state index is 12.4. The molecule has 110 valence electrons. The van der Waals surface area contributed by atoms with Crippen molar-refractivity contribution in [3.05, 3.63) is 46.4 Å². The first kappa shape index (κ1) is 14.5. The molecule has 1 atom stereocenters. The molecule has 1 aliphatic rings. The number of hydrogen-bond donors (Lipinski definition) is 2. The van der Waals surface area contributed by atoms with Crippen LogP contribution in [0.2, 0.25) is 0 Å². The molecule has 1 heterocycles. The Morgan fingerprint density at radius 1 is 1.14 bits per heavy atom. The summed E-state index contributed by atoms with van der Waals surface area (Å²) in [5.74, 6) is 0.0218. The van der Waals surface area contributed by atoms with Crippen LogP contribution in [-0.4, -0.2) is 25.0 Å². The number of nitrogens with one attached hydrogen (secondary N) is 2. The van der Waals surface area contributed by atoms with Gasteiger partial charge in [-0.3, -0.25) is 4.79 Å². The van der Waals surface area contributed by atoms with E-state index in [0.29, 0.717) is 0 Å². The fourth-order valence-corrected chi connectivity index (χ4v) is 3.15. The molecule has 0 aliphatic carbocycles. The molecule has 1 fully saturated rings. The highest BCUT2D eigenvalue weighted by atomic mass is 79.9. The van der Waals surface area contributed by atoms with E-state index in [-0.39, 0.29) is 11.9 Å². The van der Waals surface area contributed by atoms with Crippen molar-refractivity contribution < 1.29 is 4.79 Å². The average Bonchev–Trinajstić information content (AvgIpc) is 2.75. The molecule has 4 heteroatoms. The van der Waals surface area contributed by atoms with Gasteiger partial charge in [0.05, 0.1) is 0 Å². The maximum absolute atomic E-state index is 12.4. The average molecular weight is 347 g/mol. The van der Waals surface area contributed by atoms with Crippen LogP contribution >= 0.6 is 15.9 Å². The minimum atomic E-state index is 0.0218. The van der Waals surface area contributed by atoms with E-state index in [2.05, 4.69) is 32.6 Å². The van der Waals surface area contributed by atoms with Gasteiger partial charge in [0, 0.05) is 22.6 Å². The van der Waals surface area contributed by atoms with Gasteiger partial charge in [0.1, 0.15) is 0 Å². The van der Waals surface area contributed by atoms with Gasteiger partial charge >= 0.3 is 0 Å². The molecule has 3 rings (SSSR count). The highest BCUT2D eigenvalue weighted by Crippen LogP contribution is 2.21. The molecule has 0 saturated carbocycles. The summed E-state index contributed by atoms with van der Waals surface area (Å²) in [4.78, 5) is 12.4. The maximum Gasteiger partial charge on any atom is 0.251 e. The van der Waals surface area contributed by atoms with Gasteiger partial charge < -0.3 is 10.6 Å². The summed E-state index contributed by atoms with van der Waals surface area (Å²) >= 11 is 3.47. The SMILES string of the molecule is O=C(NC1CCCCNC1)c1ccc2cc(Br)ccc2c1. The molecule has 2 N–H and O–H groups in total. The smallest absolute Gasteiger partial charge is 0.251 e. The van der Waals surface area contributed by atoms with E-state index >= 15 is 0 Å². The zero-order valence-electron chi connectivity index (χ0n) is 11.9. The largest absolute Gasteiger partial charge is 0.348 e. The molecule has 1 amide bonds. The van der Waals surface area contributed by atoms with Crippen molar-refractivity contribution in [2.75, 3.05) is 13.1 Å². The van der Waals surface area contributed by atoms with Crippen molar-refractivity contribution >= 4 is 32.6 Å². The lowest BCUT2D eigenvalue weighted by Crippen LogP contribution is -2.40. The van der Waals surface area contributed by atoms with E-state index in [1.54, 1.807) is 0 Å². The lowest BCUT2D eigenvalue weighted by atomic mass is 10.1. The van der Waals surface area contributed by atoms with Crippen LogP contribution in [0, 0.1) is 0 Å². The lowest BCUT2D eigenvalue weighted by Gasteiger charge is -2.16. The molecule has 0 aromatic heterocycles. The first-order chi connectivity index (χ1) is 10.2. The lowest BCUT2D eigenvalue weighted by molar-refractivity contribution is 0.0935. The molecule has 0 bridgehead atoms. The van der Waals surface area contributed by atoms with Crippen molar-refractivity contribution in [2.24, 2.45) is 0 Å². The van der Waals surface area contributed by atoms with Crippen LogP contribution in [-0.2, 0) is 0 Å². The summed E-state index contributed by atoms with van der Waals surface area (Å²) in [5.41, 5.74) is 0.731. The summed E-state index contributed by atoms with van der Waals surface area (Å²) in [6.45, 7) is 1.92. The number of amides is 1. The molecule has 21 heavy (non-hydrogen) atoms. The normalized spacial score (nSPS) is 19.2. The first-order valence-corrected chi connectivity index (χ1v) is 8.22. The van der Waals surface area contributed by atoms with E-state index in [9.17, 15) is 4.79 Å². The van der Waals surface area contributed by atoms with E-state index in [0.717, 1.165) is 40.3 Å². The number of halogens is 1. The van der Waals surface area contributed by atoms with E-state index < -0.39 is 0 Å². The number of fused-ring (bicyclic) bond motifs is 1. The van der Waals surface area contributed by atoms with Crippen LogP contribution in [0.1, 0.15) is 29.6 Å². The second-order valence-electron chi connectivity index (χ2n) is 5.58. The Hall–Kier alpha value is -1.39. The van der Waals surface area contributed by atoms with Crippen molar-refractivity contribution in [1.82, 2.24) is 10.6 Å². The quantitative estimate of drug-likeness (QED) is 0.873. The summed E-state index contributed by atoms with van der Waals surface area (Å²) in [5, 5.41) is 8.73. The van der Waals surface area contributed by atoms with Crippen molar-refractivity contribution in [1.29, 1.82) is 0 Å². The van der Waals surface area contributed by atoms with Crippen LogP contribution in [0.3, 0.4) is 0 Å². The molecule has 3 nitrogen and oxygen atoms in total. The topological polar surface area (TPSA) is 41.1 Å². The molecular weight excluding hydrogens is 328 g/mol. The van der Waals surface area contributed by atoms with Crippen LogP contribution in [0.4, 0.5) is 0 Å². The number of rotatable bonds is 2.